The number of rotatable bonds is 2. The standard InChI is InChI=1S/C8H16F2N2/c1-8(9,10)7-12-5-3-11(2)4-6-12/h11H,2-7H2,1H3. The highest BCUT2D eigenvalue weighted by molar-refractivity contribution is 4.68. The molecular formula is C8H16F2N2. The van der Waals surface area contributed by atoms with Crippen LogP contribution in [0.5, 0.6) is 0 Å². The van der Waals surface area contributed by atoms with E-state index in [2.05, 4.69) is 7.05 Å². The predicted molar refractivity (Wildman–Crippen MR) is 43.1 cm³/mol. The van der Waals surface area contributed by atoms with Crippen molar-refractivity contribution in [3.05, 3.63) is 7.05 Å². The molecule has 0 aromatic carbocycles. The van der Waals surface area contributed by atoms with Crippen molar-refractivity contribution >= 4 is 0 Å². The van der Waals surface area contributed by atoms with Crippen LogP contribution >= 0.6 is 0 Å². The molecule has 0 aromatic heterocycles. The van der Waals surface area contributed by atoms with Crippen molar-refractivity contribution in [2.75, 3.05) is 32.7 Å². The van der Waals surface area contributed by atoms with Gasteiger partial charge in [-0.1, -0.05) is 0 Å². The molecule has 2 nitrogen and oxygen atoms in total. The first-order chi connectivity index (χ1) is 5.47. The lowest BCUT2D eigenvalue weighted by Gasteiger charge is -2.34. The third kappa shape index (κ3) is 3.45. The van der Waals surface area contributed by atoms with E-state index in [4.69, 9.17) is 0 Å². The fraction of sp³-hybridized carbons (Fsp3) is 0.875. The molecule has 0 unspecified atom stereocenters. The second-order valence-electron chi connectivity index (χ2n) is 3.60. The minimum absolute atomic E-state index is 0.111. The van der Waals surface area contributed by atoms with Gasteiger partial charge in [-0.15, -0.1) is 0 Å². The van der Waals surface area contributed by atoms with Crippen LogP contribution in [-0.4, -0.2) is 43.5 Å². The van der Waals surface area contributed by atoms with Crippen LogP contribution in [-0.2, 0) is 0 Å². The van der Waals surface area contributed by atoms with Gasteiger partial charge in [-0.3, -0.25) is 4.90 Å². The molecule has 4 heteroatoms. The number of halogens is 2. The summed E-state index contributed by atoms with van der Waals surface area (Å²) in [5, 5.41) is 0. The summed E-state index contributed by atoms with van der Waals surface area (Å²) in [5.74, 6) is -2.56. The molecule has 0 spiro atoms. The van der Waals surface area contributed by atoms with Gasteiger partial charge in [0.05, 0.1) is 19.6 Å². The van der Waals surface area contributed by atoms with E-state index in [1.807, 2.05) is 0 Å². The van der Waals surface area contributed by atoms with Crippen LogP contribution in [0.4, 0.5) is 8.78 Å². The van der Waals surface area contributed by atoms with Crippen LogP contribution in [0.1, 0.15) is 6.92 Å². The Morgan fingerprint density at radius 3 is 2.33 bits per heavy atom. The van der Waals surface area contributed by atoms with E-state index in [0.717, 1.165) is 33.1 Å². The van der Waals surface area contributed by atoms with E-state index >= 15 is 0 Å². The lowest BCUT2D eigenvalue weighted by molar-refractivity contribution is -0.858. The van der Waals surface area contributed by atoms with Crippen LogP contribution in [0.2, 0.25) is 0 Å². The van der Waals surface area contributed by atoms with Gasteiger partial charge in [-0.25, -0.2) is 8.78 Å². The molecule has 1 fully saturated rings. The summed E-state index contributed by atoms with van der Waals surface area (Å²) < 4.78 is 25.1. The Kier molecular flexibility index (Phi) is 3.01. The third-order valence-electron chi connectivity index (χ3n) is 2.06. The summed E-state index contributed by atoms with van der Waals surface area (Å²) in [6, 6.07) is 0. The highest BCUT2D eigenvalue weighted by Crippen LogP contribution is 2.13. The number of piperazine rings is 1. The van der Waals surface area contributed by atoms with Crippen LogP contribution in [0.15, 0.2) is 0 Å². The lowest BCUT2D eigenvalue weighted by Crippen LogP contribution is -3.10. The van der Waals surface area contributed by atoms with Crippen molar-refractivity contribution in [3.63, 3.8) is 0 Å². The van der Waals surface area contributed by atoms with Gasteiger partial charge in [-0.05, 0) is 0 Å². The number of quaternary nitrogens is 1. The van der Waals surface area contributed by atoms with Crippen LogP contribution in [0, 0.1) is 7.05 Å². The highest BCUT2D eigenvalue weighted by atomic mass is 19.3. The molecule has 0 atom stereocenters. The lowest BCUT2D eigenvalue weighted by atomic mass is 10.3. The second kappa shape index (κ2) is 3.66. The Morgan fingerprint density at radius 1 is 1.42 bits per heavy atom. The second-order valence-corrected chi connectivity index (χ2v) is 3.60. The minimum atomic E-state index is -2.56. The van der Waals surface area contributed by atoms with Crippen LogP contribution in [0.3, 0.4) is 0 Å². The Balaban J connectivity index is 2.26. The fourth-order valence-corrected chi connectivity index (χ4v) is 1.42. The summed E-state index contributed by atoms with van der Waals surface area (Å²) in [6.07, 6.45) is 0. The number of alkyl halides is 2. The third-order valence-corrected chi connectivity index (χ3v) is 2.06. The molecule has 12 heavy (non-hydrogen) atoms. The van der Waals surface area contributed by atoms with Crippen molar-refractivity contribution in [2.45, 2.75) is 12.8 Å². The van der Waals surface area contributed by atoms with Gasteiger partial charge < -0.3 is 4.90 Å². The maximum absolute atomic E-state index is 12.5. The van der Waals surface area contributed by atoms with E-state index in [0.29, 0.717) is 0 Å². The Hall–Kier alpha value is -0.220. The molecule has 1 rings (SSSR count). The molecule has 0 radical (unpaired) electrons. The zero-order valence-electron chi connectivity index (χ0n) is 7.45. The number of nitrogens with zero attached hydrogens (tertiary/aromatic N) is 1. The predicted octanol–water partition coefficient (Wildman–Crippen LogP) is -0.366. The van der Waals surface area contributed by atoms with E-state index in [9.17, 15) is 8.78 Å². The summed E-state index contributed by atoms with van der Waals surface area (Å²) in [4.78, 5) is 2.99. The molecule has 0 aliphatic carbocycles. The average molecular weight is 178 g/mol. The smallest absolute Gasteiger partial charge is 0.257 e. The molecule has 0 saturated carbocycles. The maximum Gasteiger partial charge on any atom is 0.257 e. The monoisotopic (exact) mass is 178 g/mol. The summed E-state index contributed by atoms with van der Waals surface area (Å²) in [5.41, 5.74) is 0. The van der Waals surface area contributed by atoms with Gasteiger partial charge in [0.25, 0.3) is 5.92 Å². The first kappa shape index (κ1) is 9.86. The molecule has 72 valence electrons. The minimum Gasteiger partial charge on any atom is -0.466 e. The van der Waals surface area contributed by atoms with Crippen LogP contribution in [0.25, 0.3) is 0 Å². The Morgan fingerprint density at radius 2 is 1.92 bits per heavy atom. The van der Waals surface area contributed by atoms with Gasteiger partial charge in [-0.2, -0.15) is 7.05 Å². The van der Waals surface area contributed by atoms with E-state index in [-0.39, 0.29) is 6.54 Å². The zero-order valence-corrected chi connectivity index (χ0v) is 7.45. The molecular weight excluding hydrogens is 162 g/mol. The van der Waals surface area contributed by atoms with E-state index in [1.54, 1.807) is 4.90 Å². The molecule has 0 amide bonds. The molecule has 1 saturated heterocycles. The normalized spacial score (nSPS) is 23.0. The fourth-order valence-electron chi connectivity index (χ4n) is 1.42. The quantitative estimate of drug-likeness (QED) is 0.567. The maximum atomic E-state index is 12.5. The van der Waals surface area contributed by atoms with Crippen molar-refractivity contribution in [1.82, 2.24) is 4.90 Å². The molecule has 1 aliphatic rings. The number of hydrogen-bond donors (Lipinski definition) is 1. The van der Waals surface area contributed by atoms with Crippen molar-refractivity contribution < 1.29 is 13.7 Å². The van der Waals surface area contributed by atoms with Gasteiger partial charge in [0.15, 0.2) is 0 Å². The molecule has 0 bridgehead atoms. The highest BCUT2D eigenvalue weighted by Gasteiger charge is 2.26. The molecule has 1 aliphatic heterocycles. The SMILES string of the molecule is [CH2-][NH+]1CCN(CC(C)(F)F)CC1. The average Bonchev–Trinajstić information content (AvgIpc) is 1.91. The summed E-state index contributed by atoms with van der Waals surface area (Å²) in [6.45, 7) is 4.08. The van der Waals surface area contributed by atoms with Crippen molar-refractivity contribution in [3.8, 4) is 0 Å². The first-order valence-corrected chi connectivity index (χ1v) is 4.24. The van der Waals surface area contributed by atoms with E-state index < -0.39 is 5.92 Å². The Labute approximate surface area is 72.1 Å². The van der Waals surface area contributed by atoms with Crippen molar-refractivity contribution in [1.29, 1.82) is 0 Å². The largest absolute Gasteiger partial charge is 0.466 e. The number of nitrogens with one attached hydrogen (secondary N) is 1. The zero-order chi connectivity index (χ0) is 9.19. The first-order valence-electron chi connectivity index (χ1n) is 4.24. The Bertz CT molecular complexity index is 136. The molecule has 1 heterocycles. The summed E-state index contributed by atoms with van der Waals surface area (Å²) in [7, 11) is 3.83. The summed E-state index contributed by atoms with van der Waals surface area (Å²) >= 11 is 0. The topological polar surface area (TPSA) is 7.68 Å². The van der Waals surface area contributed by atoms with Gasteiger partial charge in [0, 0.05) is 20.0 Å². The number of hydrogen-bond acceptors (Lipinski definition) is 1. The van der Waals surface area contributed by atoms with Gasteiger partial charge in [0.2, 0.25) is 0 Å². The van der Waals surface area contributed by atoms with E-state index in [1.165, 1.54) is 4.90 Å². The van der Waals surface area contributed by atoms with Gasteiger partial charge in [0.1, 0.15) is 0 Å². The van der Waals surface area contributed by atoms with Gasteiger partial charge >= 0.3 is 0 Å². The van der Waals surface area contributed by atoms with Crippen LogP contribution < -0.4 is 4.90 Å². The molecule has 1 N–H and O–H groups in total. The van der Waals surface area contributed by atoms with Crippen molar-refractivity contribution in [2.24, 2.45) is 0 Å². The molecule has 0 aromatic rings.